The number of thiophene rings is 3. The standard InChI is InChI=1S/C24H20N4O6S5/c1-5-33-21(31)15-9(3)13-19(36-15)27-23(38-13)25-17(29)11-7-8-12(35-11)18(30)26-24-28-20-14(39-24)10(4)16(37-20)22(32)34-6-2/h7-8H,5-6H2,1-4H3,(H,25,27,29)(H,26,28,30). The first kappa shape index (κ1) is 27.3. The lowest BCUT2D eigenvalue weighted by molar-refractivity contribution is 0.0521. The first-order valence-electron chi connectivity index (χ1n) is 11.6. The van der Waals surface area contributed by atoms with E-state index in [9.17, 15) is 19.2 Å². The molecule has 5 aromatic heterocycles. The molecular weight excluding hydrogens is 601 g/mol. The number of nitrogens with zero attached hydrogens (tertiary/aromatic N) is 2. The molecule has 0 radical (unpaired) electrons. The highest BCUT2D eigenvalue weighted by molar-refractivity contribution is 7.31. The van der Waals surface area contributed by atoms with Crippen LogP contribution in [0.2, 0.25) is 0 Å². The number of anilines is 2. The first-order valence-corrected chi connectivity index (χ1v) is 15.6. The summed E-state index contributed by atoms with van der Waals surface area (Å²) in [7, 11) is 0. The zero-order valence-corrected chi connectivity index (χ0v) is 25.0. The van der Waals surface area contributed by atoms with E-state index in [0.29, 0.717) is 52.6 Å². The van der Waals surface area contributed by atoms with Gasteiger partial charge in [-0.1, -0.05) is 22.7 Å². The van der Waals surface area contributed by atoms with Crippen LogP contribution in [0, 0.1) is 13.8 Å². The molecule has 5 heterocycles. The number of rotatable bonds is 8. The molecule has 0 spiro atoms. The lowest BCUT2D eigenvalue weighted by Crippen LogP contribution is -2.11. The summed E-state index contributed by atoms with van der Waals surface area (Å²) in [5.74, 6) is -1.54. The zero-order chi connectivity index (χ0) is 27.8. The highest BCUT2D eigenvalue weighted by atomic mass is 32.1. The second-order valence-corrected chi connectivity index (χ2v) is 13.0. The van der Waals surface area contributed by atoms with Gasteiger partial charge in [0.05, 0.1) is 32.4 Å². The fourth-order valence-corrected chi connectivity index (χ4v) is 8.78. The average molecular weight is 621 g/mol. The summed E-state index contributed by atoms with van der Waals surface area (Å²) in [5.41, 5.74) is 1.55. The third-order valence-electron chi connectivity index (χ3n) is 5.37. The topological polar surface area (TPSA) is 137 Å². The largest absolute Gasteiger partial charge is 0.462 e. The highest BCUT2D eigenvalue weighted by Crippen LogP contribution is 2.39. The van der Waals surface area contributed by atoms with E-state index in [-0.39, 0.29) is 23.8 Å². The molecule has 2 N–H and O–H groups in total. The summed E-state index contributed by atoms with van der Waals surface area (Å²) >= 11 is 6.06. The predicted molar refractivity (Wildman–Crippen MR) is 157 cm³/mol. The van der Waals surface area contributed by atoms with Gasteiger partial charge in [-0.15, -0.1) is 34.0 Å². The maximum absolute atomic E-state index is 12.8. The summed E-state index contributed by atoms with van der Waals surface area (Å²) in [5, 5.41) is 6.35. The molecule has 0 aliphatic carbocycles. The molecule has 0 aliphatic rings. The van der Waals surface area contributed by atoms with Crippen molar-refractivity contribution < 1.29 is 28.7 Å². The Labute approximate surface area is 241 Å². The second kappa shape index (κ2) is 11.1. The minimum atomic E-state index is -0.388. The lowest BCUT2D eigenvalue weighted by atomic mass is 10.3. The van der Waals surface area contributed by atoms with E-state index >= 15 is 0 Å². The van der Waals surface area contributed by atoms with Crippen LogP contribution in [0.3, 0.4) is 0 Å². The van der Waals surface area contributed by atoms with Crippen molar-refractivity contribution in [2.45, 2.75) is 27.7 Å². The number of hydrogen-bond donors (Lipinski definition) is 2. The van der Waals surface area contributed by atoms with Crippen molar-refractivity contribution in [3.63, 3.8) is 0 Å². The van der Waals surface area contributed by atoms with Gasteiger partial charge >= 0.3 is 11.9 Å². The number of fused-ring (bicyclic) bond motifs is 2. The molecule has 39 heavy (non-hydrogen) atoms. The van der Waals surface area contributed by atoms with Gasteiger partial charge in [-0.3, -0.25) is 20.2 Å². The Balaban J connectivity index is 1.25. The Bertz CT molecular complexity index is 1630. The summed E-state index contributed by atoms with van der Waals surface area (Å²) in [4.78, 5) is 61.7. The number of nitrogens with one attached hydrogen (secondary N) is 2. The minimum absolute atomic E-state index is 0.291. The van der Waals surface area contributed by atoms with Crippen LogP contribution in [-0.2, 0) is 9.47 Å². The number of aromatic nitrogens is 2. The Kier molecular flexibility index (Phi) is 7.77. The Morgan fingerprint density at radius 2 is 1.10 bits per heavy atom. The number of carbonyl (C=O) groups is 4. The molecule has 0 aliphatic heterocycles. The number of carbonyl (C=O) groups excluding carboxylic acids is 4. The SMILES string of the molecule is CCOC(=O)c1sc2nc(NC(=O)c3ccc(C(=O)Nc4nc5sc(C(=O)OCC)c(C)c5s4)s3)sc2c1C. The zero-order valence-electron chi connectivity index (χ0n) is 21.0. The summed E-state index contributed by atoms with van der Waals surface area (Å²) in [6.07, 6.45) is 0. The Morgan fingerprint density at radius 3 is 1.46 bits per heavy atom. The molecule has 0 atom stereocenters. The van der Waals surface area contributed by atoms with Gasteiger partial charge in [0, 0.05) is 0 Å². The third kappa shape index (κ3) is 5.32. The molecule has 202 valence electrons. The molecule has 2 amide bonds. The van der Waals surface area contributed by atoms with E-state index in [1.807, 2.05) is 13.8 Å². The van der Waals surface area contributed by atoms with Crippen LogP contribution in [-0.4, -0.2) is 46.9 Å². The van der Waals surface area contributed by atoms with Gasteiger partial charge in [-0.05, 0) is 51.0 Å². The fourth-order valence-electron chi connectivity index (χ4n) is 3.57. The number of aryl methyl sites for hydroxylation is 2. The van der Waals surface area contributed by atoms with Crippen LogP contribution in [0.25, 0.3) is 19.1 Å². The van der Waals surface area contributed by atoms with E-state index in [0.717, 1.165) is 31.9 Å². The second-order valence-electron chi connectivity index (χ2n) is 7.93. The average Bonchev–Trinajstić information content (AvgIpc) is 3.69. The smallest absolute Gasteiger partial charge is 0.348 e. The molecule has 15 heteroatoms. The molecule has 0 saturated carbocycles. The van der Waals surface area contributed by atoms with Crippen molar-refractivity contribution in [1.82, 2.24) is 9.97 Å². The highest BCUT2D eigenvalue weighted by Gasteiger charge is 2.23. The van der Waals surface area contributed by atoms with Gasteiger partial charge in [0.2, 0.25) is 0 Å². The maximum atomic E-state index is 12.8. The molecular formula is C24H20N4O6S5. The van der Waals surface area contributed by atoms with E-state index in [1.54, 1.807) is 26.0 Å². The van der Waals surface area contributed by atoms with Crippen molar-refractivity contribution in [3.05, 3.63) is 42.8 Å². The third-order valence-corrected chi connectivity index (χ3v) is 11.2. The number of amides is 2. The molecule has 0 saturated heterocycles. The van der Waals surface area contributed by atoms with Crippen molar-refractivity contribution in [1.29, 1.82) is 0 Å². The Morgan fingerprint density at radius 1 is 0.692 bits per heavy atom. The van der Waals surface area contributed by atoms with Crippen molar-refractivity contribution in [2.75, 3.05) is 23.8 Å². The van der Waals surface area contributed by atoms with E-state index in [4.69, 9.17) is 9.47 Å². The van der Waals surface area contributed by atoms with Gasteiger partial charge in [0.1, 0.15) is 19.4 Å². The van der Waals surface area contributed by atoms with Gasteiger partial charge < -0.3 is 9.47 Å². The van der Waals surface area contributed by atoms with Gasteiger partial charge in [0.25, 0.3) is 11.8 Å². The predicted octanol–water partition coefficient (Wildman–Crippen LogP) is 6.57. The molecule has 0 bridgehead atoms. The molecule has 10 nitrogen and oxygen atoms in total. The fraction of sp³-hybridized carbons (Fsp3) is 0.250. The first-order chi connectivity index (χ1) is 18.7. The normalized spacial score (nSPS) is 11.2. The van der Waals surface area contributed by atoms with Crippen LogP contribution in [0.5, 0.6) is 0 Å². The van der Waals surface area contributed by atoms with E-state index in [2.05, 4.69) is 20.6 Å². The van der Waals surface area contributed by atoms with E-state index in [1.165, 1.54) is 45.3 Å². The van der Waals surface area contributed by atoms with Gasteiger partial charge in [-0.2, -0.15) is 0 Å². The van der Waals surface area contributed by atoms with Crippen molar-refractivity contribution in [3.8, 4) is 0 Å². The summed E-state index contributed by atoms with van der Waals surface area (Å²) in [6.45, 7) is 7.73. The number of thiazole rings is 2. The number of ether oxygens (including phenoxy) is 2. The molecule has 0 unspecified atom stereocenters. The number of hydrogen-bond acceptors (Lipinski definition) is 13. The quantitative estimate of drug-likeness (QED) is 0.186. The van der Waals surface area contributed by atoms with Crippen molar-refractivity contribution >= 4 is 110 Å². The van der Waals surface area contributed by atoms with Gasteiger partial charge in [0.15, 0.2) is 10.3 Å². The van der Waals surface area contributed by atoms with Gasteiger partial charge in [-0.25, -0.2) is 19.6 Å². The van der Waals surface area contributed by atoms with Crippen LogP contribution >= 0.6 is 56.7 Å². The summed E-state index contributed by atoms with van der Waals surface area (Å²) < 4.78 is 11.8. The lowest BCUT2D eigenvalue weighted by Gasteiger charge is -2.00. The van der Waals surface area contributed by atoms with Crippen LogP contribution < -0.4 is 10.6 Å². The molecule has 5 aromatic rings. The van der Waals surface area contributed by atoms with Crippen LogP contribution in [0.1, 0.15) is 63.7 Å². The minimum Gasteiger partial charge on any atom is -0.462 e. The van der Waals surface area contributed by atoms with Crippen LogP contribution in [0.4, 0.5) is 10.3 Å². The number of esters is 2. The molecule has 0 aromatic carbocycles. The summed E-state index contributed by atoms with van der Waals surface area (Å²) in [6, 6.07) is 3.15. The van der Waals surface area contributed by atoms with Crippen LogP contribution in [0.15, 0.2) is 12.1 Å². The molecule has 0 fully saturated rings. The monoisotopic (exact) mass is 620 g/mol. The maximum Gasteiger partial charge on any atom is 0.348 e. The Hall–Kier alpha value is -3.24. The van der Waals surface area contributed by atoms with Crippen molar-refractivity contribution in [2.24, 2.45) is 0 Å². The van der Waals surface area contributed by atoms with E-state index < -0.39 is 0 Å². The molecule has 5 rings (SSSR count).